The van der Waals surface area contributed by atoms with E-state index in [1.807, 2.05) is 4.90 Å². The third kappa shape index (κ3) is 6.01. The zero-order valence-corrected chi connectivity index (χ0v) is 17.8. The van der Waals surface area contributed by atoms with Crippen LogP contribution in [0.3, 0.4) is 0 Å². The van der Waals surface area contributed by atoms with Crippen molar-refractivity contribution < 1.29 is 8.91 Å². The van der Waals surface area contributed by atoms with E-state index >= 15 is 0 Å². The fourth-order valence-electron chi connectivity index (χ4n) is 2.96. The molecule has 0 spiro atoms. The van der Waals surface area contributed by atoms with Crippen LogP contribution < -0.4 is 15.5 Å². The molecule has 10 heteroatoms. The van der Waals surface area contributed by atoms with Crippen LogP contribution in [0, 0.1) is 12.7 Å². The number of nitrogens with one attached hydrogen (secondary N) is 2. The number of anilines is 1. The van der Waals surface area contributed by atoms with Gasteiger partial charge in [-0.05, 0) is 31.9 Å². The summed E-state index contributed by atoms with van der Waals surface area (Å²) in [6, 6.07) is 3.24. The van der Waals surface area contributed by atoms with Crippen molar-refractivity contribution in [2.45, 2.75) is 32.2 Å². The lowest BCUT2D eigenvalue weighted by Crippen LogP contribution is -2.45. The molecule has 2 aromatic heterocycles. The lowest BCUT2D eigenvalue weighted by Gasteiger charge is -2.19. The Hall–Kier alpha value is -1.98. The number of nitrogens with zero attached hydrogens (tertiary/aromatic N) is 5. The van der Waals surface area contributed by atoms with Crippen LogP contribution in [0.25, 0.3) is 0 Å². The van der Waals surface area contributed by atoms with Crippen molar-refractivity contribution >= 4 is 35.8 Å². The first-order valence-corrected chi connectivity index (χ1v) is 8.77. The zero-order valence-electron chi connectivity index (χ0n) is 15.5. The normalized spacial score (nSPS) is 16.9. The molecule has 1 aliphatic rings. The highest BCUT2D eigenvalue weighted by atomic mass is 127. The Morgan fingerprint density at radius 3 is 3.04 bits per heavy atom. The smallest absolute Gasteiger partial charge is 0.226 e. The summed E-state index contributed by atoms with van der Waals surface area (Å²) in [4.78, 5) is 14.5. The maximum absolute atomic E-state index is 13.9. The highest BCUT2D eigenvalue weighted by Crippen LogP contribution is 2.20. The standard InChI is InChI=1S/C17H24FN7O.HI/c1-12-22-15(26-24-12)6-4-9-21-17(19-2)23-13-7-10-25(11-13)16-14(18)5-3-8-20-16;/h3,5,8,13H,4,6-7,9-11H2,1-2H3,(H2,19,21,23);1H. The molecule has 0 bridgehead atoms. The summed E-state index contributed by atoms with van der Waals surface area (Å²) in [6.07, 6.45) is 4.10. The third-order valence-corrected chi connectivity index (χ3v) is 4.22. The molecule has 0 aliphatic carbocycles. The van der Waals surface area contributed by atoms with Gasteiger partial charge in [-0.25, -0.2) is 9.37 Å². The van der Waals surface area contributed by atoms with Crippen LogP contribution in [0.1, 0.15) is 24.6 Å². The van der Waals surface area contributed by atoms with Crippen molar-refractivity contribution in [2.75, 3.05) is 31.6 Å². The molecule has 0 saturated carbocycles. The van der Waals surface area contributed by atoms with E-state index < -0.39 is 0 Å². The van der Waals surface area contributed by atoms with E-state index in [1.54, 1.807) is 26.2 Å². The van der Waals surface area contributed by atoms with Crippen molar-refractivity contribution in [1.29, 1.82) is 0 Å². The molecule has 3 rings (SSSR count). The van der Waals surface area contributed by atoms with Gasteiger partial charge in [0.25, 0.3) is 0 Å². The maximum Gasteiger partial charge on any atom is 0.226 e. The minimum atomic E-state index is -0.285. The Morgan fingerprint density at radius 1 is 1.48 bits per heavy atom. The van der Waals surface area contributed by atoms with E-state index in [2.05, 4.69) is 30.8 Å². The van der Waals surface area contributed by atoms with Crippen molar-refractivity contribution in [3.8, 4) is 0 Å². The number of aryl methyl sites for hydroxylation is 2. The topological polar surface area (TPSA) is 91.5 Å². The van der Waals surface area contributed by atoms with E-state index in [1.165, 1.54) is 6.07 Å². The molecule has 0 amide bonds. The predicted molar refractivity (Wildman–Crippen MR) is 112 cm³/mol. The number of halogens is 2. The molecule has 3 heterocycles. The van der Waals surface area contributed by atoms with Gasteiger partial charge in [0.2, 0.25) is 5.89 Å². The predicted octanol–water partition coefficient (Wildman–Crippen LogP) is 1.91. The largest absolute Gasteiger partial charge is 0.356 e. The van der Waals surface area contributed by atoms with Crippen LogP contribution in [0.15, 0.2) is 27.8 Å². The summed E-state index contributed by atoms with van der Waals surface area (Å²) < 4.78 is 19.0. The van der Waals surface area contributed by atoms with Crippen LogP contribution >= 0.6 is 24.0 Å². The van der Waals surface area contributed by atoms with Crippen molar-refractivity contribution in [3.63, 3.8) is 0 Å². The SMILES string of the molecule is CN=C(NCCCc1nc(C)no1)NC1CCN(c2ncccc2F)C1.I. The van der Waals surface area contributed by atoms with E-state index in [0.717, 1.165) is 38.3 Å². The zero-order chi connectivity index (χ0) is 18.4. The van der Waals surface area contributed by atoms with Gasteiger partial charge in [-0.15, -0.1) is 24.0 Å². The third-order valence-electron chi connectivity index (χ3n) is 4.22. The first kappa shape index (κ1) is 21.3. The lowest BCUT2D eigenvalue weighted by molar-refractivity contribution is 0.372. The number of aromatic nitrogens is 3. The highest BCUT2D eigenvalue weighted by Gasteiger charge is 2.25. The minimum Gasteiger partial charge on any atom is -0.356 e. The van der Waals surface area contributed by atoms with Crippen LogP contribution in [-0.4, -0.2) is 53.8 Å². The Kier molecular flexibility index (Phi) is 8.20. The fraction of sp³-hybridized carbons (Fsp3) is 0.529. The summed E-state index contributed by atoms with van der Waals surface area (Å²) in [5.74, 6) is 2.17. The maximum atomic E-state index is 13.9. The molecule has 148 valence electrons. The Labute approximate surface area is 175 Å². The second-order valence-electron chi connectivity index (χ2n) is 6.22. The molecular weight excluding hydrogens is 464 g/mol. The van der Waals surface area contributed by atoms with Crippen molar-refractivity contribution in [2.24, 2.45) is 4.99 Å². The number of aliphatic imine (C=N–C) groups is 1. The molecule has 27 heavy (non-hydrogen) atoms. The Morgan fingerprint density at radius 2 is 2.33 bits per heavy atom. The van der Waals surface area contributed by atoms with Crippen LogP contribution in [0.4, 0.5) is 10.2 Å². The summed E-state index contributed by atoms with van der Waals surface area (Å²) in [7, 11) is 1.74. The van der Waals surface area contributed by atoms with Crippen LogP contribution in [0.2, 0.25) is 0 Å². The molecule has 2 aromatic rings. The van der Waals surface area contributed by atoms with E-state index in [0.29, 0.717) is 24.1 Å². The highest BCUT2D eigenvalue weighted by molar-refractivity contribution is 14.0. The first-order chi connectivity index (χ1) is 12.7. The van der Waals surface area contributed by atoms with Gasteiger partial charge < -0.3 is 20.1 Å². The van der Waals surface area contributed by atoms with Gasteiger partial charge in [0.15, 0.2) is 23.4 Å². The molecule has 1 saturated heterocycles. The summed E-state index contributed by atoms with van der Waals surface area (Å²) in [6.45, 7) is 4.00. The lowest BCUT2D eigenvalue weighted by atomic mass is 10.2. The molecular formula is C17H25FIN7O. The van der Waals surface area contributed by atoms with Crippen LogP contribution in [0.5, 0.6) is 0 Å². The molecule has 0 aromatic carbocycles. The molecule has 8 nitrogen and oxygen atoms in total. The molecule has 1 fully saturated rings. The molecule has 1 aliphatic heterocycles. The average molecular weight is 489 g/mol. The minimum absolute atomic E-state index is 0. The van der Waals surface area contributed by atoms with E-state index in [9.17, 15) is 4.39 Å². The monoisotopic (exact) mass is 489 g/mol. The first-order valence-electron chi connectivity index (χ1n) is 8.77. The van der Waals surface area contributed by atoms with Gasteiger partial charge in [-0.1, -0.05) is 5.16 Å². The van der Waals surface area contributed by atoms with Gasteiger partial charge in [0.05, 0.1) is 0 Å². The summed E-state index contributed by atoms with van der Waals surface area (Å²) >= 11 is 0. The van der Waals surface area contributed by atoms with E-state index in [-0.39, 0.29) is 35.8 Å². The average Bonchev–Trinajstić information content (AvgIpc) is 3.27. The molecule has 0 radical (unpaired) electrons. The van der Waals surface area contributed by atoms with E-state index in [4.69, 9.17) is 4.52 Å². The molecule has 1 atom stereocenters. The Balaban J connectivity index is 0.00000261. The van der Waals surface area contributed by atoms with Gasteiger partial charge in [-0.2, -0.15) is 4.98 Å². The number of rotatable bonds is 6. The summed E-state index contributed by atoms with van der Waals surface area (Å²) in [5, 5.41) is 10.4. The van der Waals surface area contributed by atoms with Gasteiger partial charge in [0.1, 0.15) is 0 Å². The molecule has 1 unspecified atom stereocenters. The number of hydrogen-bond acceptors (Lipinski definition) is 6. The summed E-state index contributed by atoms with van der Waals surface area (Å²) in [5.41, 5.74) is 0. The van der Waals surface area contributed by atoms with Gasteiger partial charge in [0, 0.05) is 45.3 Å². The van der Waals surface area contributed by atoms with Crippen LogP contribution in [-0.2, 0) is 6.42 Å². The molecule has 2 N–H and O–H groups in total. The van der Waals surface area contributed by atoms with Crippen molar-refractivity contribution in [1.82, 2.24) is 25.8 Å². The quantitative estimate of drug-likeness (QED) is 0.277. The van der Waals surface area contributed by atoms with Gasteiger partial charge in [-0.3, -0.25) is 4.99 Å². The van der Waals surface area contributed by atoms with Gasteiger partial charge >= 0.3 is 0 Å². The fourth-order valence-corrected chi connectivity index (χ4v) is 2.96. The second kappa shape index (κ2) is 10.4. The van der Waals surface area contributed by atoms with Crippen molar-refractivity contribution in [3.05, 3.63) is 35.9 Å². The Bertz CT molecular complexity index is 754. The number of hydrogen-bond donors (Lipinski definition) is 2. The number of guanidine groups is 1. The second-order valence-corrected chi connectivity index (χ2v) is 6.22. The number of pyridine rings is 1.